The lowest BCUT2D eigenvalue weighted by molar-refractivity contribution is 0.184. The molecule has 2 aromatic heterocycles. The zero-order valence-corrected chi connectivity index (χ0v) is 16.5. The van der Waals surface area contributed by atoms with Gasteiger partial charge in [-0.1, -0.05) is 26.2 Å². The number of aryl methyl sites for hydroxylation is 1. The number of hydrogen-bond acceptors (Lipinski definition) is 5. The fourth-order valence-corrected chi connectivity index (χ4v) is 4.62. The zero-order chi connectivity index (χ0) is 19.1. The van der Waals surface area contributed by atoms with Crippen molar-refractivity contribution in [2.75, 3.05) is 25.2 Å². The van der Waals surface area contributed by atoms with E-state index in [4.69, 9.17) is 9.72 Å². The molecule has 1 aliphatic heterocycles. The molecule has 1 atom stereocenters. The maximum absolute atomic E-state index is 13.1. The van der Waals surface area contributed by atoms with Crippen LogP contribution in [-0.4, -0.2) is 45.0 Å². The molecule has 8 nitrogen and oxygen atoms in total. The number of methoxy groups -OCH3 is 1. The molecule has 27 heavy (non-hydrogen) atoms. The van der Waals surface area contributed by atoms with Crippen LogP contribution in [0, 0.1) is 5.92 Å². The summed E-state index contributed by atoms with van der Waals surface area (Å²) in [5.41, 5.74) is 0.429. The van der Waals surface area contributed by atoms with Crippen LogP contribution in [-0.2, 0) is 24.9 Å². The molecule has 0 amide bonds. The number of ether oxygens (including phenoxy) is 1. The van der Waals surface area contributed by atoms with E-state index in [0.717, 1.165) is 19.0 Å². The highest BCUT2D eigenvalue weighted by atomic mass is 16.5. The molecule has 148 valence electrons. The van der Waals surface area contributed by atoms with Crippen LogP contribution in [0.25, 0.3) is 11.2 Å². The number of fused-ring (bicyclic) bond motifs is 3. The lowest BCUT2D eigenvalue weighted by atomic mass is 9.93. The van der Waals surface area contributed by atoms with Gasteiger partial charge in [0.15, 0.2) is 11.2 Å². The molecule has 2 aliphatic rings. The summed E-state index contributed by atoms with van der Waals surface area (Å²) in [7, 11) is 3.26. The Morgan fingerprint density at radius 1 is 1.15 bits per heavy atom. The van der Waals surface area contributed by atoms with E-state index in [0.29, 0.717) is 29.7 Å². The van der Waals surface area contributed by atoms with Crippen molar-refractivity contribution in [3.8, 4) is 0 Å². The summed E-state index contributed by atoms with van der Waals surface area (Å²) >= 11 is 0. The van der Waals surface area contributed by atoms with Crippen molar-refractivity contribution in [1.82, 2.24) is 18.7 Å². The van der Waals surface area contributed by atoms with E-state index in [-0.39, 0.29) is 17.8 Å². The van der Waals surface area contributed by atoms with Crippen molar-refractivity contribution in [3.05, 3.63) is 20.8 Å². The van der Waals surface area contributed by atoms with Crippen LogP contribution < -0.4 is 16.1 Å². The molecule has 0 spiro atoms. The van der Waals surface area contributed by atoms with Crippen molar-refractivity contribution in [2.45, 2.75) is 58.2 Å². The predicted octanol–water partition coefficient (Wildman–Crippen LogP) is 1.33. The molecule has 0 saturated heterocycles. The van der Waals surface area contributed by atoms with Gasteiger partial charge in [-0.15, -0.1) is 0 Å². The SMILES string of the molecule is COCCn1c(=O)c2c(nc3n2CC(C)CN3C2CCCCC2)n(C)c1=O. The van der Waals surface area contributed by atoms with E-state index in [2.05, 4.69) is 11.8 Å². The number of imidazole rings is 1. The van der Waals surface area contributed by atoms with E-state index < -0.39 is 0 Å². The van der Waals surface area contributed by atoms with Crippen LogP contribution in [0.2, 0.25) is 0 Å². The first-order chi connectivity index (χ1) is 13.0. The Hall–Kier alpha value is -2.09. The molecule has 3 heterocycles. The summed E-state index contributed by atoms with van der Waals surface area (Å²) in [4.78, 5) is 33.0. The van der Waals surface area contributed by atoms with Crippen molar-refractivity contribution in [2.24, 2.45) is 13.0 Å². The van der Waals surface area contributed by atoms with Crippen LogP contribution >= 0.6 is 0 Å². The smallest absolute Gasteiger partial charge is 0.332 e. The second-order valence-electron chi connectivity index (χ2n) is 8.04. The fourth-order valence-electron chi connectivity index (χ4n) is 4.62. The van der Waals surface area contributed by atoms with Gasteiger partial charge in [0.25, 0.3) is 5.56 Å². The largest absolute Gasteiger partial charge is 0.383 e. The maximum atomic E-state index is 13.1. The first kappa shape index (κ1) is 18.3. The first-order valence-electron chi connectivity index (χ1n) is 9.98. The van der Waals surface area contributed by atoms with Gasteiger partial charge in [-0.05, 0) is 18.8 Å². The zero-order valence-electron chi connectivity index (χ0n) is 16.5. The summed E-state index contributed by atoms with van der Waals surface area (Å²) in [6.07, 6.45) is 6.14. The van der Waals surface area contributed by atoms with Crippen molar-refractivity contribution >= 4 is 17.1 Å². The number of rotatable bonds is 4. The van der Waals surface area contributed by atoms with E-state index in [1.807, 2.05) is 4.57 Å². The lowest BCUT2D eigenvalue weighted by Gasteiger charge is -2.40. The monoisotopic (exact) mass is 375 g/mol. The summed E-state index contributed by atoms with van der Waals surface area (Å²) in [5.74, 6) is 1.28. The van der Waals surface area contributed by atoms with Crippen LogP contribution in [0.1, 0.15) is 39.0 Å². The first-order valence-corrected chi connectivity index (χ1v) is 9.98. The molecule has 1 saturated carbocycles. The topological polar surface area (TPSA) is 74.3 Å². The Balaban J connectivity index is 1.90. The molecule has 8 heteroatoms. The van der Waals surface area contributed by atoms with Gasteiger partial charge in [-0.25, -0.2) is 4.79 Å². The number of anilines is 1. The van der Waals surface area contributed by atoms with Gasteiger partial charge in [-0.2, -0.15) is 4.98 Å². The van der Waals surface area contributed by atoms with Gasteiger partial charge in [-0.3, -0.25) is 13.9 Å². The van der Waals surface area contributed by atoms with Crippen molar-refractivity contribution in [1.29, 1.82) is 0 Å². The lowest BCUT2D eigenvalue weighted by Crippen LogP contribution is -2.45. The van der Waals surface area contributed by atoms with Crippen molar-refractivity contribution in [3.63, 3.8) is 0 Å². The molecule has 1 unspecified atom stereocenters. The molecule has 0 N–H and O–H groups in total. The predicted molar refractivity (Wildman–Crippen MR) is 104 cm³/mol. The average molecular weight is 375 g/mol. The Labute approximate surface area is 158 Å². The Kier molecular flexibility index (Phi) is 4.84. The highest BCUT2D eigenvalue weighted by molar-refractivity contribution is 5.75. The number of aromatic nitrogens is 4. The van der Waals surface area contributed by atoms with E-state index in [1.165, 1.54) is 41.2 Å². The molecular weight excluding hydrogens is 346 g/mol. The Morgan fingerprint density at radius 2 is 1.89 bits per heavy atom. The van der Waals surface area contributed by atoms with Crippen LogP contribution in [0.3, 0.4) is 0 Å². The molecule has 0 aromatic carbocycles. The maximum Gasteiger partial charge on any atom is 0.332 e. The highest BCUT2D eigenvalue weighted by Gasteiger charge is 2.33. The fraction of sp³-hybridized carbons (Fsp3) is 0.737. The second-order valence-corrected chi connectivity index (χ2v) is 8.04. The molecule has 2 aromatic rings. The average Bonchev–Trinajstić information content (AvgIpc) is 3.06. The minimum atomic E-state index is -0.336. The van der Waals surface area contributed by atoms with E-state index in [1.54, 1.807) is 14.2 Å². The molecular formula is C19H29N5O3. The molecule has 0 bridgehead atoms. The summed E-state index contributed by atoms with van der Waals surface area (Å²) in [6, 6.07) is 0.477. The van der Waals surface area contributed by atoms with Crippen LogP contribution in [0.15, 0.2) is 9.59 Å². The molecule has 1 aliphatic carbocycles. The quantitative estimate of drug-likeness (QED) is 0.806. The Bertz CT molecular complexity index is 951. The third-order valence-electron chi connectivity index (χ3n) is 6.01. The van der Waals surface area contributed by atoms with Crippen LogP contribution in [0.4, 0.5) is 5.95 Å². The minimum Gasteiger partial charge on any atom is -0.383 e. The molecule has 4 rings (SSSR count). The van der Waals surface area contributed by atoms with Gasteiger partial charge in [0, 0.05) is 33.3 Å². The molecule has 1 fully saturated rings. The van der Waals surface area contributed by atoms with Crippen LogP contribution in [0.5, 0.6) is 0 Å². The second kappa shape index (κ2) is 7.14. The van der Waals surface area contributed by atoms with Gasteiger partial charge < -0.3 is 14.2 Å². The third-order valence-corrected chi connectivity index (χ3v) is 6.01. The van der Waals surface area contributed by atoms with E-state index >= 15 is 0 Å². The third kappa shape index (κ3) is 2.99. The van der Waals surface area contributed by atoms with Crippen molar-refractivity contribution < 1.29 is 4.74 Å². The van der Waals surface area contributed by atoms with E-state index in [9.17, 15) is 9.59 Å². The summed E-state index contributed by atoms with van der Waals surface area (Å²) < 4.78 is 9.89. The summed E-state index contributed by atoms with van der Waals surface area (Å²) in [6.45, 7) is 4.51. The van der Waals surface area contributed by atoms with Gasteiger partial charge in [0.05, 0.1) is 13.2 Å². The standard InChI is InChI=1S/C19H29N5O3/c1-13-11-23(14-7-5-4-6-8-14)18-20-16-15(24(18)12-13)17(25)22(9-10-27-3)19(26)21(16)2/h13-14H,4-12H2,1-3H3. The normalized spacial score (nSPS) is 21.0. The highest BCUT2D eigenvalue weighted by Crippen LogP contribution is 2.32. The number of nitrogens with zero attached hydrogens (tertiary/aromatic N) is 5. The minimum absolute atomic E-state index is 0.250. The Morgan fingerprint density at radius 3 is 2.59 bits per heavy atom. The molecule has 0 radical (unpaired) electrons. The van der Waals surface area contributed by atoms with Gasteiger partial charge in [0.1, 0.15) is 0 Å². The summed E-state index contributed by atoms with van der Waals surface area (Å²) in [5, 5.41) is 0. The van der Waals surface area contributed by atoms with Gasteiger partial charge in [0.2, 0.25) is 5.95 Å². The number of hydrogen-bond donors (Lipinski definition) is 0. The van der Waals surface area contributed by atoms with Gasteiger partial charge >= 0.3 is 5.69 Å².